The van der Waals surface area contributed by atoms with E-state index in [1.807, 2.05) is 0 Å². The van der Waals surface area contributed by atoms with E-state index in [1.54, 1.807) is 0 Å². The fourth-order valence-corrected chi connectivity index (χ4v) is 3.57. The Morgan fingerprint density at radius 3 is 2.65 bits per heavy atom. The number of aromatic nitrogens is 1. The first-order valence-corrected chi connectivity index (χ1v) is 9.39. The molecule has 1 amide bonds. The normalized spacial score (nSPS) is 13.5. The molecule has 1 heterocycles. The fourth-order valence-electron chi connectivity index (χ4n) is 3.57. The van der Waals surface area contributed by atoms with E-state index in [9.17, 15) is 4.79 Å². The Balaban J connectivity index is 2.04. The summed E-state index contributed by atoms with van der Waals surface area (Å²) in [6.45, 7) is 6.24. The van der Waals surface area contributed by atoms with Crippen molar-refractivity contribution in [3.05, 3.63) is 71.4 Å². The molecule has 3 heteroatoms. The molecule has 1 N–H and O–H groups in total. The van der Waals surface area contributed by atoms with Crippen LogP contribution < -0.4 is 5.32 Å². The quantitative estimate of drug-likeness (QED) is 0.674. The minimum Gasteiger partial charge on any atom is -0.354 e. The molecule has 0 radical (unpaired) electrons. The van der Waals surface area contributed by atoms with Crippen LogP contribution in [-0.2, 0) is 11.8 Å². The number of hydrogen-bond acceptors (Lipinski definition) is 1. The maximum atomic E-state index is 12.7. The van der Waals surface area contributed by atoms with Crippen LogP contribution in [0.3, 0.4) is 0 Å². The van der Waals surface area contributed by atoms with Crippen LogP contribution in [0.15, 0.2) is 54.7 Å². The van der Waals surface area contributed by atoms with Gasteiger partial charge in [-0.1, -0.05) is 55.0 Å². The van der Waals surface area contributed by atoms with Crippen LogP contribution in [-0.4, -0.2) is 16.5 Å². The first-order valence-electron chi connectivity index (χ1n) is 9.39. The zero-order valence-electron chi connectivity index (χ0n) is 16.1. The van der Waals surface area contributed by atoms with Crippen LogP contribution in [0.5, 0.6) is 0 Å². The van der Waals surface area contributed by atoms with Crippen molar-refractivity contribution in [1.29, 1.82) is 0 Å². The molecular formula is C23H28N2O. The van der Waals surface area contributed by atoms with Gasteiger partial charge in [0, 0.05) is 42.5 Å². The molecule has 1 aromatic heterocycles. The number of nitrogens with zero attached hydrogens (tertiary/aromatic N) is 1. The lowest BCUT2D eigenvalue weighted by Gasteiger charge is -2.19. The predicted molar refractivity (Wildman–Crippen MR) is 108 cm³/mol. The van der Waals surface area contributed by atoms with Crippen molar-refractivity contribution in [3.63, 3.8) is 0 Å². The number of nitrogens with one attached hydrogen (secondary N) is 1. The molecule has 0 aliphatic heterocycles. The van der Waals surface area contributed by atoms with Crippen LogP contribution in [0.25, 0.3) is 10.9 Å². The van der Waals surface area contributed by atoms with Gasteiger partial charge >= 0.3 is 0 Å². The Morgan fingerprint density at radius 1 is 1.15 bits per heavy atom. The largest absolute Gasteiger partial charge is 0.354 e. The van der Waals surface area contributed by atoms with Gasteiger partial charge in [-0.05, 0) is 37.5 Å². The second kappa shape index (κ2) is 7.77. The van der Waals surface area contributed by atoms with Gasteiger partial charge in [-0.15, -0.1) is 0 Å². The van der Waals surface area contributed by atoms with Gasteiger partial charge in [0.2, 0.25) is 5.91 Å². The predicted octanol–water partition coefficient (Wildman–Crippen LogP) is 4.92. The second-order valence-electron chi connectivity index (χ2n) is 7.26. The fraction of sp³-hybridized carbons (Fsp3) is 0.348. The van der Waals surface area contributed by atoms with Crippen LogP contribution in [0.2, 0.25) is 0 Å². The Bertz CT molecular complexity index is 909. The van der Waals surface area contributed by atoms with Crippen molar-refractivity contribution in [2.75, 3.05) is 0 Å². The van der Waals surface area contributed by atoms with Crippen LogP contribution in [0, 0.1) is 6.92 Å². The van der Waals surface area contributed by atoms with Crippen molar-refractivity contribution in [2.45, 2.75) is 45.6 Å². The molecule has 0 fully saturated rings. The molecule has 3 rings (SSSR count). The zero-order valence-corrected chi connectivity index (χ0v) is 16.1. The van der Waals surface area contributed by atoms with E-state index in [2.05, 4.69) is 92.4 Å². The Kier molecular flexibility index (Phi) is 5.46. The number of rotatable bonds is 6. The standard InChI is InChI=1S/C23H28N2O/c1-5-17(3)24-23(26)14-20(18-10-8-9-16(2)13-18)21-15-25(4)22-12-7-6-11-19(21)22/h6-13,15,17,20H,5,14H2,1-4H3,(H,24,26). The van der Waals surface area contributed by atoms with E-state index in [-0.39, 0.29) is 17.9 Å². The molecule has 0 saturated heterocycles. The van der Waals surface area contributed by atoms with E-state index in [0.717, 1.165) is 6.42 Å². The highest BCUT2D eigenvalue weighted by Crippen LogP contribution is 2.34. The smallest absolute Gasteiger partial charge is 0.221 e. The van der Waals surface area contributed by atoms with Crippen molar-refractivity contribution >= 4 is 16.8 Å². The number of fused-ring (bicyclic) bond motifs is 1. The lowest BCUT2D eigenvalue weighted by molar-refractivity contribution is -0.121. The molecule has 3 nitrogen and oxygen atoms in total. The van der Waals surface area contributed by atoms with Gasteiger partial charge in [0.15, 0.2) is 0 Å². The molecule has 2 aromatic carbocycles. The number of hydrogen-bond donors (Lipinski definition) is 1. The van der Waals surface area contributed by atoms with E-state index < -0.39 is 0 Å². The number of amides is 1. The minimum atomic E-state index is 0.0463. The molecule has 2 atom stereocenters. The molecule has 2 unspecified atom stereocenters. The minimum absolute atomic E-state index is 0.0463. The third-order valence-electron chi connectivity index (χ3n) is 5.16. The lowest BCUT2D eigenvalue weighted by atomic mass is 9.87. The van der Waals surface area contributed by atoms with Gasteiger partial charge in [0.1, 0.15) is 0 Å². The van der Waals surface area contributed by atoms with Gasteiger partial charge in [0.05, 0.1) is 0 Å². The molecule has 0 saturated carbocycles. The van der Waals surface area contributed by atoms with Crippen molar-refractivity contribution in [2.24, 2.45) is 7.05 Å². The average molecular weight is 348 g/mol. The summed E-state index contributed by atoms with van der Waals surface area (Å²) >= 11 is 0. The molecule has 0 bridgehead atoms. The molecule has 3 aromatic rings. The van der Waals surface area contributed by atoms with Crippen molar-refractivity contribution < 1.29 is 4.79 Å². The maximum absolute atomic E-state index is 12.7. The Labute approximate surface area is 156 Å². The van der Waals surface area contributed by atoms with Gasteiger partial charge in [0.25, 0.3) is 0 Å². The molecule has 136 valence electrons. The van der Waals surface area contributed by atoms with Crippen LogP contribution in [0.1, 0.15) is 49.3 Å². The third-order valence-corrected chi connectivity index (χ3v) is 5.16. The topological polar surface area (TPSA) is 34.0 Å². The number of benzene rings is 2. The SMILES string of the molecule is CCC(C)NC(=O)CC(c1cccc(C)c1)c1cn(C)c2ccccc12. The van der Waals surface area contributed by atoms with Crippen molar-refractivity contribution in [3.8, 4) is 0 Å². The number of para-hydroxylation sites is 1. The Hall–Kier alpha value is -2.55. The summed E-state index contributed by atoms with van der Waals surface area (Å²) in [6.07, 6.45) is 3.57. The van der Waals surface area contributed by atoms with Gasteiger partial charge in [-0.3, -0.25) is 4.79 Å². The van der Waals surface area contributed by atoms with E-state index in [1.165, 1.54) is 27.6 Å². The highest BCUT2D eigenvalue weighted by molar-refractivity contribution is 5.86. The van der Waals surface area contributed by atoms with Gasteiger partial charge < -0.3 is 9.88 Å². The van der Waals surface area contributed by atoms with Crippen molar-refractivity contribution in [1.82, 2.24) is 9.88 Å². The molecule has 0 aliphatic carbocycles. The summed E-state index contributed by atoms with van der Waals surface area (Å²) < 4.78 is 2.15. The maximum Gasteiger partial charge on any atom is 0.221 e. The van der Waals surface area contributed by atoms with Gasteiger partial charge in [-0.2, -0.15) is 0 Å². The number of aryl methyl sites for hydroxylation is 2. The lowest BCUT2D eigenvalue weighted by Crippen LogP contribution is -2.33. The zero-order chi connectivity index (χ0) is 18.7. The summed E-state index contributed by atoms with van der Waals surface area (Å²) in [4.78, 5) is 12.7. The summed E-state index contributed by atoms with van der Waals surface area (Å²) in [6, 6.07) is 17.1. The van der Waals surface area contributed by atoms with Crippen LogP contribution in [0.4, 0.5) is 0 Å². The molecular weight excluding hydrogens is 320 g/mol. The van der Waals surface area contributed by atoms with E-state index in [4.69, 9.17) is 0 Å². The van der Waals surface area contributed by atoms with Crippen LogP contribution >= 0.6 is 0 Å². The third kappa shape index (κ3) is 3.82. The first-order chi connectivity index (χ1) is 12.5. The second-order valence-corrected chi connectivity index (χ2v) is 7.26. The molecule has 26 heavy (non-hydrogen) atoms. The average Bonchev–Trinajstić information content (AvgIpc) is 2.96. The number of carbonyl (C=O) groups is 1. The summed E-state index contributed by atoms with van der Waals surface area (Å²) in [5, 5.41) is 4.34. The number of carbonyl (C=O) groups excluding carboxylic acids is 1. The monoisotopic (exact) mass is 348 g/mol. The van der Waals surface area contributed by atoms with Gasteiger partial charge in [-0.25, -0.2) is 0 Å². The first kappa shape index (κ1) is 18.2. The highest BCUT2D eigenvalue weighted by Gasteiger charge is 2.22. The Morgan fingerprint density at radius 2 is 1.92 bits per heavy atom. The summed E-state index contributed by atoms with van der Waals surface area (Å²) in [5.74, 6) is 0.156. The van der Waals surface area contributed by atoms with E-state index in [0.29, 0.717) is 6.42 Å². The molecule has 0 spiro atoms. The highest BCUT2D eigenvalue weighted by atomic mass is 16.1. The van der Waals surface area contributed by atoms with E-state index >= 15 is 0 Å². The molecule has 0 aliphatic rings. The summed E-state index contributed by atoms with van der Waals surface area (Å²) in [7, 11) is 2.07. The summed E-state index contributed by atoms with van der Waals surface area (Å²) in [5.41, 5.74) is 4.83.